The molecule has 2 nitrogen and oxygen atoms in total. The number of rotatable bonds is 4. The lowest BCUT2D eigenvalue weighted by molar-refractivity contribution is -0.123. The molecule has 0 bridgehead atoms. The molecule has 2 aliphatic rings. The first-order valence-corrected chi connectivity index (χ1v) is 9.19. The Labute approximate surface area is 148 Å². The fourth-order valence-corrected chi connectivity index (χ4v) is 4.12. The monoisotopic (exact) mass is 339 g/mol. The molecule has 0 spiro atoms. The number of fused-ring (bicyclic) bond motifs is 1. The van der Waals surface area contributed by atoms with Gasteiger partial charge in [-0.05, 0) is 60.9 Å². The molecule has 1 atom stereocenters. The number of nitrogens with one attached hydrogen (secondary N) is 1. The fraction of sp³-hybridized carbons (Fsp3) is 0.381. The zero-order valence-electron chi connectivity index (χ0n) is 13.7. The number of carbonyl (C=O) groups is 1. The van der Waals surface area contributed by atoms with E-state index in [2.05, 4.69) is 29.6 Å². The minimum Gasteiger partial charge on any atom is -0.355 e. The molecule has 1 fully saturated rings. The molecule has 4 rings (SSSR count). The van der Waals surface area contributed by atoms with Crippen molar-refractivity contribution >= 4 is 17.5 Å². The Hall–Kier alpha value is -1.80. The van der Waals surface area contributed by atoms with Crippen LogP contribution in [0.4, 0.5) is 0 Å². The standard InChI is InChI=1S/C21H22ClNO/c22-18-10-8-17(9-11-18)21(12-13-21)20(24)23-14-16-6-3-5-15-4-1-2-7-19(15)16/h1-2,4,7-11,16H,3,5-6,12-14H2,(H,23,24). The molecule has 124 valence electrons. The van der Waals surface area contributed by atoms with Crippen molar-refractivity contribution in [3.63, 3.8) is 0 Å². The third-order valence-electron chi connectivity index (χ3n) is 5.58. The normalized spacial score (nSPS) is 21.0. The van der Waals surface area contributed by atoms with Gasteiger partial charge in [0, 0.05) is 17.5 Å². The molecule has 1 amide bonds. The highest BCUT2D eigenvalue weighted by Crippen LogP contribution is 2.48. The molecule has 2 aromatic rings. The van der Waals surface area contributed by atoms with Crippen LogP contribution in [0.1, 0.15) is 48.3 Å². The van der Waals surface area contributed by atoms with E-state index in [0.29, 0.717) is 10.9 Å². The molecule has 0 aliphatic heterocycles. The van der Waals surface area contributed by atoms with Crippen LogP contribution in [-0.4, -0.2) is 12.5 Å². The highest BCUT2D eigenvalue weighted by atomic mass is 35.5. The number of hydrogen-bond acceptors (Lipinski definition) is 1. The molecule has 0 radical (unpaired) electrons. The van der Waals surface area contributed by atoms with Gasteiger partial charge >= 0.3 is 0 Å². The average molecular weight is 340 g/mol. The summed E-state index contributed by atoms with van der Waals surface area (Å²) in [4.78, 5) is 12.8. The van der Waals surface area contributed by atoms with Crippen LogP contribution in [0.5, 0.6) is 0 Å². The van der Waals surface area contributed by atoms with Crippen molar-refractivity contribution in [3.8, 4) is 0 Å². The Morgan fingerprint density at radius 1 is 1.12 bits per heavy atom. The lowest BCUT2D eigenvalue weighted by Gasteiger charge is -2.26. The molecule has 2 aliphatic carbocycles. The van der Waals surface area contributed by atoms with E-state index < -0.39 is 0 Å². The maximum Gasteiger partial charge on any atom is 0.230 e. The van der Waals surface area contributed by atoms with Crippen LogP contribution in [0.2, 0.25) is 5.02 Å². The van der Waals surface area contributed by atoms with Gasteiger partial charge in [-0.2, -0.15) is 0 Å². The highest BCUT2D eigenvalue weighted by molar-refractivity contribution is 6.30. The van der Waals surface area contributed by atoms with E-state index in [1.54, 1.807) is 0 Å². The summed E-state index contributed by atoms with van der Waals surface area (Å²) in [5.41, 5.74) is 3.63. The summed E-state index contributed by atoms with van der Waals surface area (Å²) in [6.07, 6.45) is 5.39. The first-order chi connectivity index (χ1) is 11.7. The minimum absolute atomic E-state index is 0.174. The van der Waals surface area contributed by atoms with Gasteiger partial charge in [-0.1, -0.05) is 48.0 Å². The number of halogens is 1. The van der Waals surface area contributed by atoms with Crippen molar-refractivity contribution in [2.75, 3.05) is 6.54 Å². The smallest absolute Gasteiger partial charge is 0.230 e. The molecule has 1 N–H and O–H groups in total. The summed E-state index contributed by atoms with van der Waals surface area (Å²) >= 11 is 5.97. The van der Waals surface area contributed by atoms with Crippen molar-refractivity contribution in [1.29, 1.82) is 0 Å². The second-order valence-corrected chi connectivity index (χ2v) is 7.52. The molecule has 1 unspecified atom stereocenters. The Kier molecular flexibility index (Phi) is 4.09. The van der Waals surface area contributed by atoms with Crippen LogP contribution in [-0.2, 0) is 16.6 Å². The summed E-state index contributed by atoms with van der Waals surface area (Å²) in [5.74, 6) is 0.618. The molecule has 3 heteroatoms. The quantitative estimate of drug-likeness (QED) is 0.866. The van der Waals surface area contributed by atoms with Gasteiger partial charge in [0.15, 0.2) is 0 Å². The molecular formula is C21H22ClNO. The maximum absolute atomic E-state index is 12.8. The van der Waals surface area contributed by atoms with Crippen molar-refractivity contribution in [2.45, 2.75) is 43.4 Å². The average Bonchev–Trinajstić information content (AvgIpc) is 3.42. The molecular weight excluding hydrogens is 318 g/mol. The summed E-state index contributed by atoms with van der Waals surface area (Å²) in [5, 5.41) is 3.95. The van der Waals surface area contributed by atoms with E-state index in [9.17, 15) is 4.79 Å². The van der Waals surface area contributed by atoms with E-state index in [0.717, 1.165) is 37.8 Å². The Bertz CT molecular complexity index is 749. The molecule has 1 saturated carbocycles. The number of amides is 1. The third-order valence-corrected chi connectivity index (χ3v) is 5.84. The van der Waals surface area contributed by atoms with Gasteiger partial charge in [0.05, 0.1) is 5.41 Å². The molecule has 24 heavy (non-hydrogen) atoms. The SMILES string of the molecule is O=C(NCC1CCCc2ccccc21)C1(c2ccc(Cl)cc2)CC1. The largest absolute Gasteiger partial charge is 0.355 e. The third kappa shape index (κ3) is 2.84. The summed E-state index contributed by atoms with van der Waals surface area (Å²) in [7, 11) is 0. The number of aryl methyl sites for hydroxylation is 1. The number of hydrogen-bond donors (Lipinski definition) is 1. The summed E-state index contributed by atoms with van der Waals surface area (Å²) < 4.78 is 0. The van der Waals surface area contributed by atoms with Crippen molar-refractivity contribution in [2.24, 2.45) is 0 Å². The Morgan fingerprint density at radius 3 is 2.62 bits per heavy atom. The van der Waals surface area contributed by atoms with Crippen LogP contribution < -0.4 is 5.32 Å². The lowest BCUT2D eigenvalue weighted by atomic mass is 9.82. The fourth-order valence-electron chi connectivity index (χ4n) is 3.99. The molecule has 0 heterocycles. The van der Waals surface area contributed by atoms with E-state index in [1.165, 1.54) is 17.5 Å². The van der Waals surface area contributed by atoms with Crippen LogP contribution in [0.25, 0.3) is 0 Å². The van der Waals surface area contributed by atoms with Gasteiger partial charge < -0.3 is 5.32 Å². The summed E-state index contributed by atoms with van der Waals surface area (Å²) in [6, 6.07) is 16.4. The second-order valence-electron chi connectivity index (χ2n) is 7.09. The van der Waals surface area contributed by atoms with Crippen molar-refractivity contribution in [3.05, 3.63) is 70.2 Å². The zero-order chi connectivity index (χ0) is 16.6. The predicted octanol–water partition coefficient (Wildman–Crippen LogP) is 4.61. The summed E-state index contributed by atoms with van der Waals surface area (Å²) in [6.45, 7) is 0.741. The van der Waals surface area contributed by atoms with Crippen LogP contribution in [0.15, 0.2) is 48.5 Å². The van der Waals surface area contributed by atoms with E-state index in [1.807, 2.05) is 24.3 Å². The van der Waals surface area contributed by atoms with Gasteiger partial charge in [0.1, 0.15) is 0 Å². The van der Waals surface area contributed by atoms with E-state index >= 15 is 0 Å². The first-order valence-electron chi connectivity index (χ1n) is 8.81. The molecule has 0 saturated heterocycles. The number of benzene rings is 2. The minimum atomic E-state index is -0.321. The van der Waals surface area contributed by atoms with Gasteiger partial charge in [-0.15, -0.1) is 0 Å². The van der Waals surface area contributed by atoms with Gasteiger partial charge in [-0.3, -0.25) is 4.79 Å². The van der Waals surface area contributed by atoms with Gasteiger partial charge in [-0.25, -0.2) is 0 Å². The molecule has 0 aromatic heterocycles. The second kappa shape index (κ2) is 6.25. The Morgan fingerprint density at radius 2 is 1.88 bits per heavy atom. The first kappa shape index (κ1) is 15.7. The predicted molar refractivity (Wildman–Crippen MR) is 97.5 cm³/mol. The van der Waals surface area contributed by atoms with Gasteiger partial charge in [0.2, 0.25) is 5.91 Å². The maximum atomic E-state index is 12.8. The van der Waals surface area contributed by atoms with Crippen molar-refractivity contribution < 1.29 is 4.79 Å². The van der Waals surface area contributed by atoms with E-state index in [-0.39, 0.29) is 11.3 Å². The lowest BCUT2D eigenvalue weighted by Crippen LogP contribution is -2.37. The Balaban J connectivity index is 1.45. The van der Waals surface area contributed by atoms with E-state index in [4.69, 9.17) is 11.6 Å². The molecule has 2 aromatic carbocycles. The topological polar surface area (TPSA) is 29.1 Å². The van der Waals surface area contributed by atoms with Crippen LogP contribution in [0, 0.1) is 0 Å². The zero-order valence-corrected chi connectivity index (χ0v) is 14.5. The number of carbonyl (C=O) groups excluding carboxylic acids is 1. The van der Waals surface area contributed by atoms with Crippen LogP contribution in [0.3, 0.4) is 0 Å². The van der Waals surface area contributed by atoms with Crippen molar-refractivity contribution in [1.82, 2.24) is 5.32 Å². The van der Waals surface area contributed by atoms with Gasteiger partial charge in [0.25, 0.3) is 0 Å². The highest BCUT2D eigenvalue weighted by Gasteiger charge is 2.51. The van der Waals surface area contributed by atoms with Crippen LogP contribution >= 0.6 is 11.6 Å².